The van der Waals surface area contributed by atoms with Gasteiger partial charge in [0.15, 0.2) is 0 Å². The molecule has 1 unspecified atom stereocenters. The highest BCUT2D eigenvalue weighted by Crippen LogP contribution is 2.19. The lowest BCUT2D eigenvalue weighted by Gasteiger charge is -2.28. The molecule has 0 radical (unpaired) electrons. The first-order valence-electron chi connectivity index (χ1n) is 7.98. The fourth-order valence-electron chi connectivity index (χ4n) is 2.53. The normalized spacial score (nSPS) is 16.0. The first-order valence-corrected chi connectivity index (χ1v) is 9.68. The highest BCUT2D eigenvalue weighted by Gasteiger charge is 2.17. The largest absolute Gasteiger partial charge is 0.378 e. The number of benzene rings is 1. The Morgan fingerprint density at radius 2 is 1.96 bits per heavy atom. The molecule has 0 saturated carbocycles. The van der Waals surface area contributed by atoms with Crippen molar-refractivity contribution in [2.24, 2.45) is 0 Å². The maximum absolute atomic E-state index is 12.8. The van der Waals surface area contributed by atoms with Crippen molar-refractivity contribution in [1.82, 2.24) is 9.97 Å². The van der Waals surface area contributed by atoms with Crippen LogP contribution in [0.2, 0.25) is 5.02 Å². The minimum Gasteiger partial charge on any atom is -0.378 e. The van der Waals surface area contributed by atoms with E-state index in [1.54, 1.807) is 19.2 Å². The molecule has 1 fully saturated rings. The first kappa shape index (κ1) is 18.3. The molecular formula is C17H20ClN3O3S. The van der Waals surface area contributed by atoms with Gasteiger partial charge in [-0.2, -0.15) is 0 Å². The molecule has 0 N–H and O–H groups in total. The summed E-state index contributed by atoms with van der Waals surface area (Å²) < 4.78 is 23.3. The van der Waals surface area contributed by atoms with Crippen molar-refractivity contribution in [3.63, 3.8) is 0 Å². The number of methoxy groups -OCH3 is 1. The van der Waals surface area contributed by atoms with E-state index in [2.05, 4.69) is 14.9 Å². The number of halogens is 1. The van der Waals surface area contributed by atoms with E-state index in [0.717, 1.165) is 30.2 Å². The molecule has 1 aromatic heterocycles. The predicted molar refractivity (Wildman–Crippen MR) is 97.3 cm³/mol. The minimum absolute atomic E-state index is 0.325. The number of nitrogens with zero attached hydrogens (tertiary/aromatic N) is 3. The Morgan fingerprint density at radius 1 is 1.24 bits per heavy atom. The summed E-state index contributed by atoms with van der Waals surface area (Å²) in [6, 6.07) is 9.19. The summed E-state index contributed by atoms with van der Waals surface area (Å²) in [6.07, 6.45) is 0. The van der Waals surface area contributed by atoms with Gasteiger partial charge >= 0.3 is 0 Å². The number of rotatable bonds is 6. The van der Waals surface area contributed by atoms with Crippen LogP contribution < -0.4 is 4.90 Å². The molecule has 1 aliphatic heterocycles. The molecular weight excluding hydrogens is 362 g/mol. The molecule has 134 valence electrons. The Morgan fingerprint density at radius 3 is 2.64 bits per heavy atom. The van der Waals surface area contributed by atoms with E-state index < -0.39 is 10.8 Å². The number of morpholine rings is 1. The molecule has 1 aliphatic rings. The summed E-state index contributed by atoms with van der Waals surface area (Å²) in [5, 5.41) is 0.980. The van der Waals surface area contributed by atoms with Crippen LogP contribution in [0.15, 0.2) is 35.5 Å². The van der Waals surface area contributed by atoms with Gasteiger partial charge in [0.05, 0.1) is 42.1 Å². The first-order chi connectivity index (χ1) is 12.2. The summed E-state index contributed by atoms with van der Waals surface area (Å²) in [6.45, 7) is 3.18. The fraction of sp³-hybridized carbons (Fsp3) is 0.412. The second kappa shape index (κ2) is 8.71. The second-order valence-corrected chi connectivity index (χ2v) is 7.43. The number of hydrogen-bond donors (Lipinski definition) is 0. The van der Waals surface area contributed by atoms with Crippen molar-refractivity contribution in [2.75, 3.05) is 38.3 Å². The third-order valence-corrected chi connectivity index (χ3v) is 5.22. The Balaban J connectivity index is 1.84. The quantitative estimate of drug-likeness (QED) is 0.716. The molecule has 0 spiro atoms. The predicted octanol–water partition coefficient (Wildman–Crippen LogP) is 2.42. The maximum Gasteiger partial charge on any atom is 0.221 e. The Labute approximate surface area is 154 Å². The van der Waals surface area contributed by atoms with Crippen molar-refractivity contribution >= 4 is 28.2 Å². The van der Waals surface area contributed by atoms with Gasteiger partial charge in [-0.05, 0) is 17.7 Å². The second-order valence-electron chi connectivity index (χ2n) is 5.65. The zero-order chi connectivity index (χ0) is 17.6. The molecule has 0 amide bonds. The molecule has 1 atom stereocenters. The third-order valence-electron chi connectivity index (χ3n) is 3.79. The van der Waals surface area contributed by atoms with E-state index in [0.29, 0.717) is 35.8 Å². The van der Waals surface area contributed by atoms with Crippen molar-refractivity contribution in [2.45, 2.75) is 17.5 Å². The number of anilines is 1. The van der Waals surface area contributed by atoms with Crippen LogP contribution in [0.4, 0.5) is 5.82 Å². The molecule has 1 saturated heterocycles. The minimum atomic E-state index is -1.35. The van der Waals surface area contributed by atoms with E-state index >= 15 is 0 Å². The van der Waals surface area contributed by atoms with Gasteiger partial charge in [-0.15, -0.1) is 0 Å². The zero-order valence-electron chi connectivity index (χ0n) is 14.0. The Bertz CT molecular complexity index is 736. The summed E-state index contributed by atoms with van der Waals surface area (Å²) in [5.41, 5.74) is 1.65. The van der Waals surface area contributed by atoms with Crippen LogP contribution in [-0.2, 0) is 32.6 Å². The molecule has 3 rings (SSSR count). The van der Waals surface area contributed by atoms with Gasteiger partial charge in [0, 0.05) is 31.3 Å². The van der Waals surface area contributed by atoms with Gasteiger partial charge in [0.25, 0.3) is 0 Å². The lowest BCUT2D eigenvalue weighted by molar-refractivity contribution is 0.122. The van der Waals surface area contributed by atoms with E-state index in [1.165, 1.54) is 0 Å². The van der Waals surface area contributed by atoms with E-state index in [4.69, 9.17) is 21.1 Å². The van der Waals surface area contributed by atoms with Gasteiger partial charge in [0.2, 0.25) is 5.16 Å². The van der Waals surface area contributed by atoms with Crippen LogP contribution >= 0.6 is 11.6 Å². The molecule has 8 heteroatoms. The highest BCUT2D eigenvalue weighted by molar-refractivity contribution is 7.84. The van der Waals surface area contributed by atoms with Crippen LogP contribution in [-0.4, -0.2) is 47.6 Å². The average molecular weight is 382 g/mol. The highest BCUT2D eigenvalue weighted by atomic mass is 35.5. The van der Waals surface area contributed by atoms with Crippen LogP contribution in [0, 0.1) is 0 Å². The fourth-order valence-corrected chi connectivity index (χ4v) is 3.70. The van der Waals surface area contributed by atoms with Crippen LogP contribution in [0.3, 0.4) is 0 Å². The molecule has 6 nitrogen and oxygen atoms in total. The Hall–Kier alpha value is -1.54. The number of aromatic nitrogens is 2. The molecule has 2 aromatic rings. The number of ether oxygens (including phenoxy) is 2. The topological polar surface area (TPSA) is 64.6 Å². The van der Waals surface area contributed by atoms with Crippen molar-refractivity contribution in [3.05, 3.63) is 46.6 Å². The van der Waals surface area contributed by atoms with Gasteiger partial charge < -0.3 is 14.4 Å². The van der Waals surface area contributed by atoms with Gasteiger partial charge in [-0.1, -0.05) is 23.7 Å². The lowest BCUT2D eigenvalue weighted by atomic mass is 10.2. The van der Waals surface area contributed by atoms with E-state index in [1.807, 2.05) is 18.2 Å². The zero-order valence-corrected chi connectivity index (χ0v) is 15.6. The van der Waals surface area contributed by atoms with Crippen LogP contribution in [0.5, 0.6) is 0 Å². The number of hydrogen-bond acceptors (Lipinski definition) is 6. The van der Waals surface area contributed by atoms with Crippen LogP contribution in [0.1, 0.15) is 11.3 Å². The molecule has 25 heavy (non-hydrogen) atoms. The summed E-state index contributed by atoms with van der Waals surface area (Å²) in [5.74, 6) is 1.11. The van der Waals surface area contributed by atoms with Crippen molar-refractivity contribution in [3.8, 4) is 0 Å². The lowest BCUT2D eigenvalue weighted by Crippen LogP contribution is -2.37. The maximum atomic E-state index is 12.8. The molecule has 0 bridgehead atoms. The third kappa shape index (κ3) is 4.98. The van der Waals surface area contributed by atoms with Gasteiger partial charge in [0.1, 0.15) is 5.82 Å². The monoisotopic (exact) mass is 381 g/mol. The van der Waals surface area contributed by atoms with Gasteiger partial charge in [-0.3, -0.25) is 4.21 Å². The van der Waals surface area contributed by atoms with E-state index in [-0.39, 0.29) is 0 Å². The summed E-state index contributed by atoms with van der Waals surface area (Å²) in [7, 11) is 0.264. The SMILES string of the molecule is COCc1cc(N2CCOCC2)nc(S(=O)Cc2ccc(Cl)cc2)n1. The van der Waals surface area contributed by atoms with Crippen LogP contribution in [0.25, 0.3) is 0 Å². The smallest absolute Gasteiger partial charge is 0.221 e. The molecule has 0 aliphatic carbocycles. The van der Waals surface area contributed by atoms with Crippen molar-refractivity contribution < 1.29 is 13.7 Å². The standard InChI is InChI=1S/C17H20ClN3O3S/c1-23-11-15-10-16(21-6-8-24-9-7-21)20-17(19-15)25(22)12-13-2-4-14(18)5-3-13/h2-5,10H,6-9,11-12H2,1H3. The molecule has 2 heterocycles. The Kier molecular flexibility index (Phi) is 6.36. The summed E-state index contributed by atoms with van der Waals surface area (Å²) >= 11 is 5.90. The van der Waals surface area contributed by atoms with Gasteiger partial charge in [-0.25, -0.2) is 9.97 Å². The summed E-state index contributed by atoms with van der Waals surface area (Å²) in [4.78, 5) is 11.1. The average Bonchev–Trinajstić information content (AvgIpc) is 2.64. The van der Waals surface area contributed by atoms with Crippen molar-refractivity contribution in [1.29, 1.82) is 0 Å². The van der Waals surface area contributed by atoms with E-state index in [9.17, 15) is 4.21 Å². The molecule has 1 aromatic carbocycles.